The Balaban J connectivity index is 0.000000360. The number of hydrogen-bond donors (Lipinski definition) is 0. The number of carbonyl (C=O) groups is 2. The van der Waals surface area contributed by atoms with Crippen molar-refractivity contribution >= 4 is 11.8 Å². The highest BCUT2D eigenvalue weighted by atomic mass is 16.2. The quantitative estimate of drug-likeness (QED) is 0.137. The van der Waals surface area contributed by atoms with E-state index in [1.54, 1.807) is 0 Å². The molecule has 2 rings (SSSR count). The normalized spacial score (nSPS) is 15.6. The molecular formula is C32H62N2O2. The maximum atomic E-state index is 11.4. The molecular weight excluding hydrogens is 444 g/mol. The molecule has 0 bridgehead atoms. The summed E-state index contributed by atoms with van der Waals surface area (Å²) < 4.78 is 0. The van der Waals surface area contributed by atoms with Crippen LogP contribution in [0.1, 0.15) is 168 Å². The molecule has 212 valence electrons. The monoisotopic (exact) mass is 506 g/mol. The molecule has 2 amide bonds. The molecule has 0 aliphatic carbocycles. The summed E-state index contributed by atoms with van der Waals surface area (Å²) in [5, 5.41) is 0. The van der Waals surface area contributed by atoms with Gasteiger partial charge in [-0.3, -0.25) is 9.59 Å². The number of nitrogens with zero attached hydrogens (tertiary/aromatic N) is 2. The second kappa shape index (κ2) is 24.3. The van der Waals surface area contributed by atoms with Crippen LogP contribution >= 0.6 is 0 Å². The molecule has 0 N–H and O–H groups in total. The minimum Gasteiger partial charge on any atom is -0.343 e. The van der Waals surface area contributed by atoms with Crippen molar-refractivity contribution in [3.63, 3.8) is 0 Å². The largest absolute Gasteiger partial charge is 0.343 e. The van der Waals surface area contributed by atoms with E-state index in [2.05, 4.69) is 13.8 Å². The molecule has 0 aromatic carbocycles. The molecule has 0 aromatic heterocycles. The molecule has 2 aliphatic heterocycles. The predicted octanol–water partition coefficient (Wildman–Crippen LogP) is 9.06. The molecule has 36 heavy (non-hydrogen) atoms. The highest BCUT2D eigenvalue weighted by Gasteiger charge is 2.19. The molecule has 4 heteroatoms. The zero-order valence-corrected chi connectivity index (χ0v) is 24.5. The smallest absolute Gasteiger partial charge is 0.222 e. The van der Waals surface area contributed by atoms with Crippen molar-refractivity contribution in [3.8, 4) is 0 Å². The molecule has 2 heterocycles. The Morgan fingerprint density at radius 1 is 0.444 bits per heavy atom. The van der Waals surface area contributed by atoms with Crippen LogP contribution in [0.5, 0.6) is 0 Å². The Morgan fingerprint density at radius 2 is 0.722 bits per heavy atom. The van der Waals surface area contributed by atoms with Gasteiger partial charge in [0.15, 0.2) is 0 Å². The fourth-order valence-electron chi connectivity index (χ4n) is 5.46. The molecule has 0 unspecified atom stereocenters. The van der Waals surface area contributed by atoms with E-state index in [4.69, 9.17) is 0 Å². The Hall–Kier alpha value is -1.06. The van der Waals surface area contributed by atoms with Gasteiger partial charge in [0.1, 0.15) is 0 Å². The summed E-state index contributed by atoms with van der Waals surface area (Å²) >= 11 is 0. The summed E-state index contributed by atoms with van der Waals surface area (Å²) in [6, 6.07) is 0. The topological polar surface area (TPSA) is 40.6 Å². The van der Waals surface area contributed by atoms with Crippen LogP contribution in [0.25, 0.3) is 0 Å². The third kappa shape index (κ3) is 18.2. The molecule has 4 nitrogen and oxygen atoms in total. The van der Waals surface area contributed by atoms with Crippen LogP contribution < -0.4 is 0 Å². The van der Waals surface area contributed by atoms with Crippen LogP contribution in [0.4, 0.5) is 0 Å². The lowest BCUT2D eigenvalue weighted by atomic mass is 10.1. The van der Waals surface area contributed by atoms with Gasteiger partial charge in [0, 0.05) is 39.0 Å². The van der Waals surface area contributed by atoms with Gasteiger partial charge in [-0.15, -0.1) is 0 Å². The third-order valence-electron chi connectivity index (χ3n) is 7.91. The van der Waals surface area contributed by atoms with Crippen molar-refractivity contribution in [2.75, 3.05) is 26.2 Å². The maximum absolute atomic E-state index is 11.4. The fraction of sp³-hybridized carbons (Fsp3) is 0.938. The number of rotatable bonds is 22. The minimum atomic E-state index is 0.380. The van der Waals surface area contributed by atoms with Crippen molar-refractivity contribution in [2.45, 2.75) is 168 Å². The van der Waals surface area contributed by atoms with Gasteiger partial charge in [-0.1, -0.05) is 129 Å². The van der Waals surface area contributed by atoms with E-state index in [1.165, 1.54) is 128 Å². The lowest BCUT2D eigenvalue weighted by Crippen LogP contribution is -2.25. The minimum absolute atomic E-state index is 0.380. The van der Waals surface area contributed by atoms with Gasteiger partial charge in [-0.25, -0.2) is 0 Å². The number of carbonyl (C=O) groups excluding carboxylic acids is 2. The molecule has 0 radical (unpaired) electrons. The van der Waals surface area contributed by atoms with Gasteiger partial charge in [0.2, 0.25) is 11.8 Å². The van der Waals surface area contributed by atoms with Crippen molar-refractivity contribution in [1.82, 2.24) is 9.80 Å². The second-order valence-corrected chi connectivity index (χ2v) is 11.3. The number of unbranched alkanes of at least 4 members (excludes halogenated alkanes) is 18. The summed E-state index contributed by atoms with van der Waals surface area (Å²) in [4.78, 5) is 26.9. The average Bonchev–Trinajstić information content (AvgIpc) is 3.49. The summed E-state index contributed by atoms with van der Waals surface area (Å²) in [5.41, 5.74) is 0. The zero-order valence-electron chi connectivity index (χ0n) is 24.5. The SMILES string of the molecule is CCCCCCCCCCCCN1CCCC1=O.CCCCCCCCCCCCN1CCCC1=O. The molecule has 0 atom stereocenters. The van der Waals surface area contributed by atoms with Gasteiger partial charge < -0.3 is 9.80 Å². The highest BCUT2D eigenvalue weighted by Crippen LogP contribution is 2.15. The van der Waals surface area contributed by atoms with Crippen LogP contribution in [0.15, 0.2) is 0 Å². The first-order chi connectivity index (χ1) is 17.7. The van der Waals surface area contributed by atoms with Gasteiger partial charge in [-0.05, 0) is 25.7 Å². The summed E-state index contributed by atoms with van der Waals surface area (Å²) in [5.74, 6) is 0.761. The van der Waals surface area contributed by atoms with E-state index in [9.17, 15) is 9.59 Å². The first-order valence-electron chi connectivity index (χ1n) is 16.2. The van der Waals surface area contributed by atoms with Crippen LogP contribution in [0.2, 0.25) is 0 Å². The third-order valence-corrected chi connectivity index (χ3v) is 7.91. The molecule has 0 saturated carbocycles. The van der Waals surface area contributed by atoms with E-state index in [-0.39, 0.29) is 0 Å². The van der Waals surface area contributed by atoms with Crippen molar-refractivity contribution in [1.29, 1.82) is 0 Å². The second-order valence-electron chi connectivity index (χ2n) is 11.3. The van der Waals surface area contributed by atoms with E-state index in [1.807, 2.05) is 9.80 Å². The van der Waals surface area contributed by atoms with Crippen LogP contribution in [-0.4, -0.2) is 47.8 Å². The number of likely N-dealkylation sites (tertiary alicyclic amines) is 2. The van der Waals surface area contributed by atoms with Crippen molar-refractivity contribution < 1.29 is 9.59 Å². The summed E-state index contributed by atoms with van der Waals surface area (Å²) in [6.07, 6.45) is 31.1. The van der Waals surface area contributed by atoms with Gasteiger partial charge >= 0.3 is 0 Å². The molecule has 0 spiro atoms. The fourth-order valence-corrected chi connectivity index (χ4v) is 5.46. The molecule has 2 saturated heterocycles. The summed E-state index contributed by atoms with van der Waals surface area (Å²) in [7, 11) is 0. The first kappa shape index (κ1) is 33.0. The Kier molecular flexibility index (Phi) is 22.2. The lowest BCUT2D eigenvalue weighted by molar-refractivity contribution is -0.128. The van der Waals surface area contributed by atoms with Crippen molar-refractivity contribution in [2.24, 2.45) is 0 Å². The van der Waals surface area contributed by atoms with E-state index >= 15 is 0 Å². The lowest BCUT2D eigenvalue weighted by Gasteiger charge is -2.14. The van der Waals surface area contributed by atoms with Gasteiger partial charge in [0.05, 0.1) is 0 Å². The van der Waals surface area contributed by atoms with Crippen LogP contribution in [0.3, 0.4) is 0 Å². The summed E-state index contributed by atoms with van der Waals surface area (Å²) in [6.45, 7) is 8.58. The van der Waals surface area contributed by atoms with E-state index in [0.717, 1.165) is 51.9 Å². The van der Waals surface area contributed by atoms with Crippen molar-refractivity contribution in [3.05, 3.63) is 0 Å². The van der Waals surface area contributed by atoms with Gasteiger partial charge in [0.25, 0.3) is 0 Å². The van der Waals surface area contributed by atoms with Gasteiger partial charge in [-0.2, -0.15) is 0 Å². The zero-order chi connectivity index (χ0) is 26.1. The Labute approximate surface area is 225 Å². The van der Waals surface area contributed by atoms with E-state index in [0.29, 0.717) is 11.8 Å². The standard InChI is InChI=1S/2C16H31NO/c2*1-2-3-4-5-6-7-8-9-10-11-14-17-15-12-13-16(17)18/h2*2-15H2,1H3. The molecule has 0 aromatic rings. The molecule has 2 aliphatic rings. The molecule has 2 fully saturated rings. The Morgan fingerprint density at radius 3 is 0.972 bits per heavy atom. The van der Waals surface area contributed by atoms with Crippen LogP contribution in [-0.2, 0) is 9.59 Å². The number of amides is 2. The average molecular weight is 507 g/mol. The Bertz CT molecular complexity index is 476. The first-order valence-corrected chi connectivity index (χ1v) is 16.2. The maximum Gasteiger partial charge on any atom is 0.222 e. The van der Waals surface area contributed by atoms with Crippen LogP contribution in [0, 0.1) is 0 Å². The highest BCUT2D eigenvalue weighted by molar-refractivity contribution is 5.78. The number of hydrogen-bond acceptors (Lipinski definition) is 2. The predicted molar refractivity (Wildman–Crippen MR) is 155 cm³/mol. The van der Waals surface area contributed by atoms with E-state index < -0.39 is 0 Å².